The van der Waals surface area contributed by atoms with Crippen LogP contribution < -0.4 is 5.73 Å². The SMILES string of the molecule is CC1CCC(C(N)C2CSCCO2)CC1C. The summed E-state index contributed by atoms with van der Waals surface area (Å²) in [6, 6.07) is 0.266. The highest BCUT2D eigenvalue weighted by Crippen LogP contribution is 2.36. The molecule has 1 aliphatic heterocycles. The van der Waals surface area contributed by atoms with Crippen molar-refractivity contribution in [3.63, 3.8) is 0 Å². The smallest absolute Gasteiger partial charge is 0.0819 e. The van der Waals surface area contributed by atoms with Gasteiger partial charge in [-0.25, -0.2) is 0 Å². The summed E-state index contributed by atoms with van der Waals surface area (Å²) in [6.45, 7) is 5.64. The minimum atomic E-state index is 0.266. The fourth-order valence-corrected chi connectivity index (χ4v) is 3.90. The molecular weight excluding hydrogens is 218 g/mol. The molecule has 2 rings (SSSR count). The molecule has 0 aromatic carbocycles. The number of thioether (sulfide) groups is 1. The van der Waals surface area contributed by atoms with E-state index in [2.05, 4.69) is 13.8 Å². The van der Waals surface area contributed by atoms with E-state index in [-0.39, 0.29) is 6.04 Å². The topological polar surface area (TPSA) is 35.2 Å². The van der Waals surface area contributed by atoms with Gasteiger partial charge in [0.15, 0.2) is 0 Å². The molecule has 94 valence electrons. The van der Waals surface area contributed by atoms with E-state index >= 15 is 0 Å². The molecule has 1 saturated heterocycles. The number of hydrogen-bond acceptors (Lipinski definition) is 3. The van der Waals surface area contributed by atoms with Crippen molar-refractivity contribution >= 4 is 11.8 Å². The first-order chi connectivity index (χ1) is 7.68. The highest BCUT2D eigenvalue weighted by Gasteiger charge is 2.33. The van der Waals surface area contributed by atoms with Crippen LogP contribution in [-0.2, 0) is 4.74 Å². The first-order valence-electron chi connectivity index (χ1n) is 6.63. The first-order valence-corrected chi connectivity index (χ1v) is 7.79. The lowest BCUT2D eigenvalue weighted by atomic mass is 9.72. The van der Waals surface area contributed by atoms with Gasteiger partial charge in [-0.15, -0.1) is 0 Å². The Morgan fingerprint density at radius 3 is 2.69 bits per heavy atom. The van der Waals surface area contributed by atoms with Crippen LogP contribution in [0, 0.1) is 17.8 Å². The maximum Gasteiger partial charge on any atom is 0.0819 e. The zero-order valence-corrected chi connectivity index (χ0v) is 11.3. The molecule has 5 atom stereocenters. The average molecular weight is 243 g/mol. The van der Waals surface area contributed by atoms with Gasteiger partial charge in [-0.2, -0.15) is 11.8 Å². The molecule has 5 unspecified atom stereocenters. The Morgan fingerprint density at radius 2 is 2.06 bits per heavy atom. The Kier molecular flexibility index (Phi) is 4.57. The molecule has 3 heteroatoms. The van der Waals surface area contributed by atoms with Crippen LogP contribution in [0.1, 0.15) is 33.1 Å². The summed E-state index contributed by atoms with van der Waals surface area (Å²) in [7, 11) is 0. The van der Waals surface area contributed by atoms with E-state index in [0.717, 1.165) is 29.9 Å². The van der Waals surface area contributed by atoms with E-state index in [1.165, 1.54) is 19.3 Å². The molecule has 1 aliphatic carbocycles. The van der Waals surface area contributed by atoms with Gasteiger partial charge in [0, 0.05) is 17.5 Å². The second-order valence-electron chi connectivity index (χ2n) is 5.59. The van der Waals surface area contributed by atoms with Crippen LogP contribution in [0.25, 0.3) is 0 Å². The summed E-state index contributed by atoms with van der Waals surface area (Å²) < 4.78 is 5.81. The molecule has 2 nitrogen and oxygen atoms in total. The molecule has 2 aliphatic rings. The zero-order chi connectivity index (χ0) is 11.5. The van der Waals surface area contributed by atoms with Gasteiger partial charge in [0.25, 0.3) is 0 Å². The normalized spacial score (nSPS) is 42.9. The van der Waals surface area contributed by atoms with Crippen molar-refractivity contribution < 1.29 is 4.74 Å². The van der Waals surface area contributed by atoms with E-state index in [4.69, 9.17) is 10.5 Å². The van der Waals surface area contributed by atoms with Crippen molar-refractivity contribution in [1.82, 2.24) is 0 Å². The number of rotatable bonds is 2. The van der Waals surface area contributed by atoms with Crippen LogP contribution in [-0.4, -0.2) is 30.3 Å². The molecule has 16 heavy (non-hydrogen) atoms. The van der Waals surface area contributed by atoms with Crippen molar-refractivity contribution in [3.8, 4) is 0 Å². The van der Waals surface area contributed by atoms with Crippen molar-refractivity contribution in [3.05, 3.63) is 0 Å². The Balaban J connectivity index is 1.86. The van der Waals surface area contributed by atoms with Crippen LogP contribution in [0.3, 0.4) is 0 Å². The average Bonchev–Trinajstić information content (AvgIpc) is 2.33. The summed E-state index contributed by atoms with van der Waals surface area (Å²) in [4.78, 5) is 0. The minimum Gasteiger partial charge on any atom is -0.375 e. The van der Waals surface area contributed by atoms with Crippen LogP contribution in [0.4, 0.5) is 0 Å². The van der Waals surface area contributed by atoms with Gasteiger partial charge < -0.3 is 10.5 Å². The van der Waals surface area contributed by atoms with Gasteiger partial charge in [-0.1, -0.05) is 20.3 Å². The minimum absolute atomic E-state index is 0.266. The summed E-state index contributed by atoms with van der Waals surface area (Å²) in [5, 5.41) is 0. The van der Waals surface area contributed by atoms with Crippen LogP contribution >= 0.6 is 11.8 Å². The lowest BCUT2D eigenvalue weighted by Crippen LogP contribution is -2.47. The third-order valence-electron chi connectivity index (χ3n) is 4.45. The summed E-state index contributed by atoms with van der Waals surface area (Å²) in [5.74, 6) is 4.64. The Hall–Kier alpha value is 0.270. The molecule has 0 amide bonds. The molecule has 0 radical (unpaired) electrons. The maximum atomic E-state index is 6.39. The third kappa shape index (κ3) is 2.93. The Labute approximate surface area is 104 Å². The fourth-order valence-electron chi connectivity index (χ4n) is 2.97. The highest BCUT2D eigenvalue weighted by molar-refractivity contribution is 7.99. The van der Waals surface area contributed by atoms with Crippen molar-refractivity contribution in [2.75, 3.05) is 18.1 Å². The van der Waals surface area contributed by atoms with E-state index in [9.17, 15) is 0 Å². The second kappa shape index (κ2) is 5.74. The van der Waals surface area contributed by atoms with Crippen LogP contribution in [0.5, 0.6) is 0 Å². The molecule has 1 saturated carbocycles. The molecule has 2 N–H and O–H groups in total. The third-order valence-corrected chi connectivity index (χ3v) is 5.47. The standard InChI is InChI=1S/C13H25NOS/c1-9-3-4-11(7-10(9)2)13(14)12-8-16-6-5-15-12/h9-13H,3-8,14H2,1-2H3. The van der Waals surface area contributed by atoms with Crippen molar-refractivity contribution in [2.45, 2.75) is 45.3 Å². The van der Waals surface area contributed by atoms with E-state index in [1.54, 1.807) is 0 Å². The van der Waals surface area contributed by atoms with Gasteiger partial charge in [0.2, 0.25) is 0 Å². The van der Waals surface area contributed by atoms with Crippen molar-refractivity contribution in [1.29, 1.82) is 0 Å². The summed E-state index contributed by atoms with van der Waals surface area (Å²) >= 11 is 1.99. The largest absolute Gasteiger partial charge is 0.375 e. The second-order valence-corrected chi connectivity index (χ2v) is 6.74. The highest BCUT2D eigenvalue weighted by atomic mass is 32.2. The van der Waals surface area contributed by atoms with Crippen molar-refractivity contribution in [2.24, 2.45) is 23.5 Å². The molecule has 0 spiro atoms. The Bertz CT molecular complexity index is 218. The quantitative estimate of drug-likeness (QED) is 0.809. The molecule has 0 aromatic heterocycles. The Morgan fingerprint density at radius 1 is 1.25 bits per heavy atom. The lowest BCUT2D eigenvalue weighted by Gasteiger charge is -2.39. The molecule has 0 bridgehead atoms. The van der Waals surface area contributed by atoms with Gasteiger partial charge >= 0.3 is 0 Å². The van der Waals surface area contributed by atoms with Gasteiger partial charge in [0.05, 0.1) is 12.7 Å². The molecule has 0 aromatic rings. The van der Waals surface area contributed by atoms with Gasteiger partial charge in [-0.05, 0) is 30.6 Å². The number of hydrogen-bond donors (Lipinski definition) is 1. The van der Waals surface area contributed by atoms with Crippen LogP contribution in [0.2, 0.25) is 0 Å². The summed E-state index contributed by atoms with van der Waals surface area (Å²) in [6.07, 6.45) is 4.26. The van der Waals surface area contributed by atoms with E-state index < -0.39 is 0 Å². The number of nitrogens with two attached hydrogens (primary N) is 1. The predicted octanol–water partition coefficient (Wildman–Crippen LogP) is 2.52. The number of ether oxygens (including phenoxy) is 1. The van der Waals surface area contributed by atoms with Gasteiger partial charge in [0.1, 0.15) is 0 Å². The van der Waals surface area contributed by atoms with Gasteiger partial charge in [-0.3, -0.25) is 0 Å². The van der Waals surface area contributed by atoms with E-state index in [0.29, 0.717) is 12.0 Å². The first kappa shape index (κ1) is 12.7. The zero-order valence-electron chi connectivity index (χ0n) is 10.5. The van der Waals surface area contributed by atoms with Crippen LogP contribution in [0.15, 0.2) is 0 Å². The van der Waals surface area contributed by atoms with E-state index in [1.807, 2.05) is 11.8 Å². The summed E-state index contributed by atoms with van der Waals surface area (Å²) in [5.41, 5.74) is 6.39. The monoisotopic (exact) mass is 243 g/mol. The maximum absolute atomic E-state index is 6.39. The predicted molar refractivity (Wildman–Crippen MR) is 70.7 cm³/mol. The lowest BCUT2D eigenvalue weighted by molar-refractivity contribution is 0.0280. The molecule has 1 heterocycles. The molecule has 2 fully saturated rings. The molecular formula is C13H25NOS. The fraction of sp³-hybridized carbons (Fsp3) is 1.00.